The maximum atomic E-state index is 12.0. The Balaban J connectivity index is 1.57. The average molecular weight is 538 g/mol. The van der Waals surface area contributed by atoms with E-state index in [1.807, 2.05) is 36.5 Å². The summed E-state index contributed by atoms with van der Waals surface area (Å²) in [6, 6.07) is 14.1. The number of thiocarbonyl (C=S) groups is 1. The quantitative estimate of drug-likeness (QED) is 0.358. The van der Waals surface area contributed by atoms with Crippen LogP contribution in [0.2, 0.25) is 5.02 Å². The van der Waals surface area contributed by atoms with Gasteiger partial charge in [0.1, 0.15) is 6.61 Å². The number of halogens is 1. The van der Waals surface area contributed by atoms with Crippen molar-refractivity contribution in [1.82, 2.24) is 14.9 Å². The largest absolute Gasteiger partial charge is 0.375 e. The fourth-order valence-corrected chi connectivity index (χ4v) is 6.42. The van der Waals surface area contributed by atoms with Crippen LogP contribution in [-0.2, 0) is 9.53 Å². The van der Waals surface area contributed by atoms with Gasteiger partial charge in [-0.05, 0) is 80.9 Å². The number of carbonyl (C=O) groups is 1. The Bertz CT molecular complexity index is 1310. The lowest BCUT2D eigenvalue weighted by molar-refractivity contribution is -0.119. The van der Waals surface area contributed by atoms with Crippen LogP contribution in [0, 0.1) is 13.8 Å². The predicted octanol–water partition coefficient (Wildman–Crippen LogP) is 6.03. The van der Waals surface area contributed by atoms with E-state index < -0.39 is 0 Å². The van der Waals surface area contributed by atoms with Gasteiger partial charge in [0.2, 0.25) is 5.91 Å². The number of aryl methyl sites for hydroxylation is 1. The number of rotatable bonds is 7. The summed E-state index contributed by atoms with van der Waals surface area (Å²) in [5, 5.41) is 7.37. The minimum absolute atomic E-state index is 0.0390. The first kappa shape index (κ1) is 25.7. The summed E-state index contributed by atoms with van der Waals surface area (Å²) in [6.45, 7) is 4.38. The standard InChI is InChI=1S/C28H32ClN5O2S/c1-17-14-21(18(2)33(17)19-8-4-5-9-19)27-26(24-10-6-7-13-30-24)32-28(37)34(27)20-11-12-23(22(29)15-20)31-25(35)16-36-3/h6-7,10-15,19,26-27H,4-5,8-9,16H2,1-3H3,(H,31,35)(H,32,37)/t26-,27+/m1/s1. The van der Waals surface area contributed by atoms with Gasteiger partial charge in [0.25, 0.3) is 0 Å². The summed E-state index contributed by atoms with van der Waals surface area (Å²) in [7, 11) is 1.48. The molecule has 7 nitrogen and oxygen atoms in total. The Morgan fingerprint density at radius 1 is 1.22 bits per heavy atom. The molecule has 1 aliphatic carbocycles. The minimum atomic E-state index is -0.261. The predicted molar refractivity (Wildman–Crippen MR) is 151 cm³/mol. The molecule has 0 spiro atoms. The molecule has 0 radical (unpaired) electrons. The number of hydrogen-bond acceptors (Lipinski definition) is 4. The molecule has 3 aromatic rings. The smallest absolute Gasteiger partial charge is 0.250 e. The van der Waals surface area contributed by atoms with Gasteiger partial charge in [-0.15, -0.1) is 0 Å². The lowest BCUT2D eigenvalue weighted by atomic mass is 9.96. The van der Waals surface area contributed by atoms with Crippen LogP contribution in [0.15, 0.2) is 48.7 Å². The number of anilines is 2. The van der Waals surface area contributed by atoms with E-state index in [2.05, 4.69) is 45.0 Å². The summed E-state index contributed by atoms with van der Waals surface area (Å²) in [4.78, 5) is 18.8. The van der Waals surface area contributed by atoms with Crippen LogP contribution in [0.1, 0.15) is 66.5 Å². The molecule has 1 aliphatic heterocycles. The zero-order chi connectivity index (χ0) is 26.1. The molecule has 0 bridgehead atoms. The van der Waals surface area contributed by atoms with Gasteiger partial charge >= 0.3 is 0 Å². The van der Waals surface area contributed by atoms with Crippen molar-refractivity contribution in [3.8, 4) is 0 Å². The van der Waals surface area contributed by atoms with Gasteiger partial charge < -0.3 is 24.8 Å². The van der Waals surface area contributed by atoms with E-state index in [9.17, 15) is 4.79 Å². The molecule has 1 amide bonds. The lowest BCUT2D eigenvalue weighted by Crippen LogP contribution is -2.29. The van der Waals surface area contributed by atoms with Gasteiger partial charge in [-0.25, -0.2) is 0 Å². The molecule has 2 aromatic heterocycles. The molecule has 2 atom stereocenters. The SMILES string of the molecule is COCC(=O)Nc1ccc(N2C(=S)N[C@H](c3ccccn3)[C@@H]2c2cc(C)n(C3CCCC3)c2C)cc1Cl. The first-order valence-corrected chi connectivity index (χ1v) is 13.4. The first-order valence-electron chi connectivity index (χ1n) is 12.7. The van der Waals surface area contributed by atoms with Crippen LogP contribution in [-0.4, -0.2) is 34.3 Å². The number of carbonyl (C=O) groups excluding carboxylic acids is 1. The number of amides is 1. The molecule has 2 fully saturated rings. The number of ether oxygens (including phenoxy) is 1. The second-order valence-corrected chi connectivity index (χ2v) is 10.6. The van der Waals surface area contributed by atoms with Crippen molar-refractivity contribution in [2.75, 3.05) is 23.9 Å². The van der Waals surface area contributed by atoms with Crippen LogP contribution in [0.5, 0.6) is 0 Å². The summed E-state index contributed by atoms with van der Waals surface area (Å²) in [5.41, 5.74) is 6.07. The molecular weight excluding hydrogens is 506 g/mol. The van der Waals surface area contributed by atoms with E-state index in [0.717, 1.165) is 11.4 Å². The van der Waals surface area contributed by atoms with Crippen molar-refractivity contribution in [3.05, 3.63) is 76.3 Å². The highest BCUT2D eigenvalue weighted by atomic mass is 35.5. The average Bonchev–Trinajstić information content (AvgIpc) is 3.59. The molecule has 194 valence electrons. The van der Waals surface area contributed by atoms with Crippen LogP contribution < -0.4 is 15.5 Å². The molecule has 3 heterocycles. The van der Waals surface area contributed by atoms with Gasteiger partial charge in [0.15, 0.2) is 5.11 Å². The third-order valence-corrected chi connectivity index (χ3v) is 8.04. The van der Waals surface area contributed by atoms with E-state index in [1.54, 1.807) is 6.07 Å². The molecule has 0 unspecified atom stereocenters. The number of methoxy groups -OCH3 is 1. The van der Waals surface area contributed by atoms with Crippen molar-refractivity contribution >= 4 is 46.2 Å². The van der Waals surface area contributed by atoms with Crippen molar-refractivity contribution in [3.63, 3.8) is 0 Å². The highest BCUT2D eigenvalue weighted by Gasteiger charge is 2.42. The highest BCUT2D eigenvalue weighted by molar-refractivity contribution is 7.80. The molecule has 2 N–H and O–H groups in total. The topological polar surface area (TPSA) is 71.4 Å². The maximum Gasteiger partial charge on any atom is 0.250 e. The van der Waals surface area contributed by atoms with Gasteiger partial charge in [-0.2, -0.15) is 0 Å². The van der Waals surface area contributed by atoms with Gasteiger partial charge in [-0.3, -0.25) is 9.78 Å². The Morgan fingerprint density at radius 2 is 2.00 bits per heavy atom. The molecule has 1 saturated heterocycles. The van der Waals surface area contributed by atoms with Crippen molar-refractivity contribution < 1.29 is 9.53 Å². The number of benzene rings is 1. The van der Waals surface area contributed by atoms with Crippen molar-refractivity contribution in [2.45, 2.75) is 57.7 Å². The van der Waals surface area contributed by atoms with E-state index in [-0.39, 0.29) is 24.6 Å². The highest BCUT2D eigenvalue weighted by Crippen LogP contribution is 2.45. The maximum absolute atomic E-state index is 12.0. The second kappa shape index (κ2) is 10.8. The summed E-state index contributed by atoms with van der Waals surface area (Å²) in [5.74, 6) is -0.261. The van der Waals surface area contributed by atoms with E-state index in [1.165, 1.54) is 49.7 Å². The third kappa shape index (κ3) is 4.98. The summed E-state index contributed by atoms with van der Waals surface area (Å²) >= 11 is 12.5. The zero-order valence-electron chi connectivity index (χ0n) is 21.3. The van der Waals surface area contributed by atoms with Crippen LogP contribution in [0.25, 0.3) is 0 Å². The number of nitrogens with one attached hydrogen (secondary N) is 2. The molecule has 37 heavy (non-hydrogen) atoms. The molecular formula is C28H32ClN5O2S. The van der Waals surface area contributed by atoms with Crippen molar-refractivity contribution in [2.24, 2.45) is 0 Å². The molecule has 1 aromatic carbocycles. The molecule has 2 aliphatic rings. The lowest BCUT2D eigenvalue weighted by Gasteiger charge is -2.29. The normalized spacial score (nSPS) is 19.9. The van der Waals surface area contributed by atoms with E-state index >= 15 is 0 Å². The third-order valence-electron chi connectivity index (χ3n) is 7.41. The molecule has 1 saturated carbocycles. The monoisotopic (exact) mass is 537 g/mol. The summed E-state index contributed by atoms with van der Waals surface area (Å²) < 4.78 is 7.43. The fraction of sp³-hybridized carbons (Fsp3) is 0.393. The van der Waals surface area contributed by atoms with Gasteiger partial charge in [-0.1, -0.05) is 30.5 Å². The van der Waals surface area contributed by atoms with Gasteiger partial charge in [0.05, 0.1) is 28.5 Å². The molecule has 5 rings (SSSR count). The zero-order valence-corrected chi connectivity index (χ0v) is 22.9. The van der Waals surface area contributed by atoms with Crippen molar-refractivity contribution in [1.29, 1.82) is 0 Å². The Kier molecular flexibility index (Phi) is 7.51. The molecule has 9 heteroatoms. The van der Waals surface area contributed by atoms with Crippen LogP contribution in [0.4, 0.5) is 11.4 Å². The van der Waals surface area contributed by atoms with Crippen LogP contribution >= 0.6 is 23.8 Å². The number of pyridine rings is 1. The Morgan fingerprint density at radius 3 is 2.68 bits per heavy atom. The minimum Gasteiger partial charge on any atom is -0.375 e. The van der Waals surface area contributed by atoms with Crippen LogP contribution in [0.3, 0.4) is 0 Å². The van der Waals surface area contributed by atoms with E-state index in [0.29, 0.717) is 21.9 Å². The Hall–Kier alpha value is -2.94. The Labute approximate surface area is 228 Å². The van der Waals surface area contributed by atoms with Gasteiger partial charge in [0, 0.05) is 36.4 Å². The number of aromatic nitrogens is 2. The number of hydrogen-bond donors (Lipinski definition) is 2. The first-order chi connectivity index (χ1) is 17.9. The fourth-order valence-electron chi connectivity index (χ4n) is 5.85. The summed E-state index contributed by atoms with van der Waals surface area (Å²) in [6.07, 6.45) is 6.81. The number of nitrogens with zero attached hydrogens (tertiary/aromatic N) is 3. The van der Waals surface area contributed by atoms with E-state index in [4.69, 9.17) is 28.6 Å². The second-order valence-electron chi connectivity index (χ2n) is 9.78.